The van der Waals surface area contributed by atoms with Crippen LogP contribution in [0.4, 0.5) is 40.8 Å². The maximum Gasteiger partial charge on any atom is 0.422 e. The molecule has 0 unspecified atom stereocenters. The van der Waals surface area contributed by atoms with Crippen molar-refractivity contribution in [3.63, 3.8) is 0 Å². The van der Waals surface area contributed by atoms with E-state index in [1.807, 2.05) is 0 Å². The van der Waals surface area contributed by atoms with Gasteiger partial charge in [0.2, 0.25) is 0 Å². The van der Waals surface area contributed by atoms with Crippen LogP contribution >= 0.6 is 0 Å². The fourth-order valence-corrected chi connectivity index (χ4v) is 3.40. The van der Waals surface area contributed by atoms with Gasteiger partial charge in [0, 0.05) is 29.4 Å². The number of carbonyl (C=O) groups is 1. The second-order valence-electron chi connectivity index (χ2n) is 7.98. The van der Waals surface area contributed by atoms with Gasteiger partial charge in [0.05, 0.1) is 11.9 Å². The van der Waals surface area contributed by atoms with Crippen LogP contribution in [-0.4, -0.2) is 46.1 Å². The molecule has 0 fully saturated rings. The van der Waals surface area contributed by atoms with E-state index in [1.165, 1.54) is 0 Å². The van der Waals surface area contributed by atoms with Gasteiger partial charge in [-0.15, -0.1) is 0 Å². The molecule has 1 amide bonds. The number of halogens is 8. The molecule has 0 atom stereocenters. The first-order chi connectivity index (χ1) is 18.3. The van der Waals surface area contributed by atoms with E-state index in [2.05, 4.69) is 24.9 Å². The normalized spacial score (nSPS) is 12.1. The molecular weight excluding hydrogens is 544 g/mol. The number of amides is 1. The fourth-order valence-electron chi connectivity index (χ4n) is 3.40. The summed E-state index contributed by atoms with van der Waals surface area (Å²) in [6.45, 7) is -3.53. The van der Waals surface area contributed by atoms with Crippen molar-refractivity contribution in [2.75, 3.05) is 18.5 Å². The van der Waals surface area contributed by atoms with Crippen molar-refractivity contribution in [3.05, 3.63) is 72.1 Å². The minimum Gasteiger partial charge on any atom is -0.484 e. The molecule has 1 N–H and O–H groups in total. The zero-order chi connectivity index (χ0) is 28.4. The molecule has 2 heterocycles. The zero-order valence-electron chi connectivity index (χ0n) is 19.4. The molecule has 0 bridgehead atoms. The minimum absolute atomic E-state index is 0.110. The lowest BCUT2D eigenvalue weighted by Crippen LogP contribution is -2.20. The quantitative estimate of drug-likeness (QED) is 0.250. The van der Waals surface area contributed by atoms with Crippen LogP contribution in [0.5, 0.6) is 11.5 Å². The van der Waals surface area contributed by atoms with Gasteiger partial charge >= 0.3 is 12.4 Å². The van der Waals surface area contributed by atoms with E-state index in [9.17, 15) is 39.9 Å². The summed E-state index contributed by atoms with van der Waals surface area (Å²) in [5.41, 5.74) is -0.849. The molecule has 0 aliphatic heterocycles. The molecule has 0 spiro atoms. The summed E-state index contributed by atoms with van der Waals surface area (Å²) in [5, 5.41) is 6.08. The highest BCUT2D eigenvalue weighted by molar-refractivity contribution is 6.08. The lowest BCUT2D eigenvalue weighted by molar-refractivity contribution is -0.153. The van der Waals surface area contributed by atoms with Crippen LogP contribution in [-0.2, 0) is 0 Å². The number of rotatable bonds is 8. The summed E-state index contributed by atoms with van der Waals surface area (Å²) in [5.74, 6) is -2.09. The van der Waals surface area contributed by atoms with Crippen LogP contribution in [0.25, 0.3) is 16.9 Å². The topological polar surface area (TPSA) is 77.8 Å². The third-order valence-corrected chi connectivity index (χ3v) is 4.98. The van der Waals surface area contributed by atoms with E-state index < -0.39 is 55.1 Å². The van der Waals surface area contributed by atoms with Crippen molar-refractivity contribution in [2.24, 2.45) is 0 Å². The predicted molar refractivity (Wildman–Crippen MR) is 121 cm³/mol. The maximum absolute atomic E-state index is 13.8. The molecular formula is C24H16F8N4O3. The molecule has 4 rings (SSSR count). The number of fused-ring (bicyclic) bond motifs is 1. The first-order valence-electron chi connectivity index (χ1n) is 10.9. The summed E-state index contributed by atoms with van der Waals surface area (Å²) in [7, 11) is 0. The van der Waals surface area contributed by atoms with Crippen LogP contribution in [0.15, 0.2) is 60.8 Å². The largest absolute Gasteiger partial charge is 0.484 e. The number of hydrogen-bond donors (Lipinski definition) is 1. The maximum atomic E-state index is 13.8. The lowest BCUT2D eigenvalue weighted by atomic mass is 10.1. The summed E-state index contributed by atoms with van der Waals surface area (Å²) in [4.78, 5) is 17.3. The van der Waals surface area contributed by atoms with Gasteiger partial charge in [0.1, 0.15) is 22.8 Å². The molecule has 0 aliphatic rings. The Hall–Kier alpha value is -4.43. The average Bonchev–Trinajstić information content (AvgIpc) is 3.29. The van der Waals surface area contributed by atoms with Crippen molar-refractivity contribution in [3.8, 4) is 22.8 Å². The summed E-state index contributed by atoms with van der Waals surface area (Å²) in [6.07, 6.45) is -11.6. The number of hydrogen-bond acceptors (Lipinski definition) is 5. The van der Waals surface area contributed by atoms with Crippen molar-refractivity contribution in [1.82, 2.24) is 14.6 Å². The molecule has 39 heavy (non-hydrogen) atoms. The van der Waals surface area contributed by atoms with E-state index in [0.717, 1.165) is 35.0 Å². The molecule has 15 heteroatoms. The zero-order valence-corrected chi connectivity index (χ0v) is 19.4. The standard InChI is InChI=1S/C24H16F8N4O3/c25-20(26)19-9-18(13-4-2-1-3-5-13)35-21-17(10-33-36(19)21)22(37)34-14-6-15(38-11-23(27,28)29)8-16(7-14)39-12-24(30,31)32/h1-10,20H,11-12H2,(H,34,37). The number of ether oxygens (including phenoxy) is 2. The van der Waals surface area contributed by atoms with Crippen molar-refractivity contribution < 1.29 is 49.4 Å². The van der Waals surface area contributed by atoms with Gasteiger partial charge in [-0.05, 0) is 6.07 Å². The number of anilines is 1. The van der Waals surface area contributed by atoms with Gasteiger partial charge in [-0.3, -0.25) is 4.79 Å². The van der Waals surface area contributed by atoms with Gasteiger partial charge in [-0.2, -0.15) is 31.4 Å². The van der Waals surface area contributed by atoms with Crippen LogP contribution in [0, 0.1) is 0 Å². The number of benzene rings is 2. The van der Waals surface area contributed by atoms with E-state index in [0.29, 0.717) is 5.56 Å². The highest BCUT2D eigenvalue weighted by Gasteiger charge is 2.30. The van der Waals surface area contributed by atoms with Gasteiger partial charge in [-0.25, -0.2) is 18.3 Å². The molecule has 0 aliphatic carbocycles. The average molecular weight is 560 g/mol. The van der Waals surface area contributed by atoms with E-state index in [-0.39, 0.29) is 22.6 Å². The van der Waals surface area contributed by atoms with E-state index >= 15 is 0 Å². The Bertz CT molecular complexity index is 1430. The monoisotopic (exact) mass is 560 g/mol. The predicted octanol–water partition coefficient (Wildman–Crippen LogP) is 6.47. The molecule has 2 aromatic heterocycles. The smallest absolute Gasteiger partial charge is 0.422 e. The third kappa shape index (κ3) is 7.12. The number of nitrogens with one attached hydrogen (secondary N) is 1. The van der Waals surface area contributed by atoms with Crippen LogP contribution < -0.4 is 14.8 Å². The van der Waals surface area contributed by atoms with Crippen molar-refractivity contribution >= 4 is 17.2 Å². The summed E-state index contributed by atoms with van der Waals surface area (Å²) < 4.78 is 113. The van der Waals surface area contributed by atoms with E-state index in [4.69, 9.17) is 0 Å². The summed E-state index contributed by atoms with van der Waals surface area (Å²) >= 11 is 0. The van der Waals surface area contributed by atoms with Gasteiger partial charge in [0.25, 0.3) is 12.3 Å². The summed E-state index contributed by atoms with van der Waals surface area (Å²) in [6, 6.07) is 12.0. The SMILES string of the molecule is O=C(Nc1cc(OCC(F)(F)F)cc(OCC(F)(F)F)c1)c1cnn2c(C(F)F)cc(-c3ccccc3)nc12. The molecule has 2 aromatic carbocycles. The lowest BCUT2D eigenvalue weighted by Gasteiger charge is -2.15. The Kier molecular flexibility index (Phi) is 7.60. The molecule has 7 nitrogen and oxygen atoms in total. The number of aromatic nitrogens is 3. The Morgan fingerprint density at radius 1 is 0.897 bits per heavy atom. The van der Waals surface area contributed by atoms with Crippen molar-refractivity contribution in [1.29, 1.82) is 0 Å². The van der Waals surface area contributed by atoms with Crippen LogP contribution in [0.1, 0.15) is 22.5 Å². The minimum atomic E-state index is -4.76. The number of carbonyl (C=O) groups excluding carboxylic acids is 1. The van der Waals surface area contributed by atoms with Crippen molar-refractivity contribution in [2.45, 2.75) is 18.8 Å². The van der Waals surface area contributed by atoms with Gasteiger partial charge < -0.3 is 14.8 Å². The first kappa shape index (κ1) is 27.6. The molecule has 4 aromatic rings. The van der Waals surface area contributed by atoms with Gasteiger partial charge in [0.15, 0.2) is 18.9 Å². The number of alkyl halides is 8. The molecule has 0 saturated carbocycles. The Morgan fingerprint density at radius 2 is 1.49 bits per heavy atom. The third-order valence-electron chi connectivity index (χ3n) is 4.98. The van der Waals surface area contributed by atoms with Gasteiger partial charge in [-0.1, -0.05) is 30.3 Å². The highest BCUT2D eigenvalue weighted by Crippen LogP contribution is 2.31. The Morgan fingerprint density at radius 3 is 2.03 bits per heavy atom. The molecule has 0 radical (unpaired) electrons. The van der Waals surface area contributed by atoms with E-state index in [1.54, 1.807) is 30.3 Å². The van der Waals surface area contributed by atoms with Crippen LogP contribution in [0.2, 0.25) is 0 Å². The molecule has 206 valence electrons. The fraction of sp³-hybridized carbons (Fsp3) is 0.208. The highest BCUT2D eigenvalue weighted by atomic mass is 19.4. The Labute approximate surface area is 214 Å². The Balaban J connectivity index is 1.69. The molecule has 0 saturated heterocycles. The van der Waals surface area contributed by atoms with Crippen LogP contribution in [0.3, 0.4) is 0 Å². The number of nitrogens with zero attached hydrogens (tertiary/aromatic N) is 3. The first-order valence-corrected chi connectivity index (χ1v) is 10.9. The second kappa shape index (κ2) is 10.7. The second-order valence-corrected chi connectivity index (χ2v) is 7.98.